The number of nitrogen functional groups attached to an aromatic ring is 1. The maximum absolute atomic E-state index is 11.0. The summed E-state index contributed by atoms with van der Waals surface area (Å²) >= 11 is 0. The lowest BCUT2D eigenvalue weighted by Crippen LogP contribution is -2.09. The fourth-order valence-electron chi connectivity index (χ4n) is 1.67. The second kappa shape index (κ2) is 4.41. The maximum atomic E-state index is 11.0. The van der Waals surface area contributed by atoms with Crippen molar-refractivity contribution < 1.29 is 0 Å². The summed E-state index contributed by atoms with van der Waals surface area (Å²) in [6, 6.07) is 3.07. The van der Waals surface area contributed by atoms with Crippen molar-refractivity contribution in [3.8, 4) is 0 Å². The van der Waals surface area contributed by atoms with E-state index in [0.717, 1.165) is 22.5 Å². The maximum Gasteiger partial charge on any atom is 0.181 e. The van der Waals surface area contributed by atoms with Crippen LogP contribution >= 0.6 is 0 Å². The smallest absolute Gasteiger partial charge is 0.181 e. The van der Waals surface area contributed by atoms with Crippen molar-refractivity contribution in [2.75, 3.05) is 5.73 Å². The molecular weight excluding hydrogens is 214 g/mol. The zero-order valence-corrected chi connectivity index (χ0v) is 9.97. The lowest BCUT2D eigenvalue weighted by atomic mass is 10.1. The highest BCUT2D eigenvalue weighted by molar-refractivity contribution is 5.53. The monoisotopic (exact) mass is 229 g/mol. The van der Waals surface area contributed by atoms with E-state index in [2.05, 4.69) is 4.98 Å². The van der Waals surface area contributed by atoms with Gasteiger partial charge in [-0.15, -0.1) is 0 Å². The molecule has 2 rings (SSSR count). The Balaban J connectivity index is 2.33. The van der Waals surface area contributed by atoms with Crippen LogP contribution in [0.1, 0.15) is 16.8 Å². The van der Waals surface area contributed by atoms with Crippen molar-refractivity contribution in [3.05, 3.63) is 57.8 Å². The van der Waals surface area contributed by atoms with Crippen molar-refractivity contribution in [1.82, 2.24) is 9.55 Å². The van der Waals surface area contributed by atoms with Crippen LogP contribution in [0, 0.1) is 13.8 Å². The Morgan fingerprint density at radius 2 is 1.94 bits per heavy atom. The van der Waals surface area contributed by atoms with Crippen LogP contribution in [0.4, 0.5) is 5.69 Å². The summed E-state index contributed by atoms with van der Waals surface area (Å²) in [4.78, 5) is 15.4. The third kappa shape index (κ3) is 2.36. The quantitative estimate of drug-likeness (QED) is 0.848. The van der Waals surface area contributed by atoms with Gasteiger partial charge in [0.25, 0.3) is 0 Å². The summed E-state index contributed by atoms with van der Waals surface area (Å²) < 4.78 is 1.91. The summed E-state index contributed by atoms with van der Waals surface area (Å²) in [5, 5.41) is 0. The molecule has 0 aromatic carbocycles. The van der Waals surface area contributed by atoms with Crippen LogP contribution < -0.4 is 11.2 Å². The molecule has 4 heteroatoms. The predicted molar refractivity (Wildman–Crippen MR) is 67.9 cm³/mol. The first-order valence-corrected chi connectivity index (χ1v) is 5.44. The summed E-state index contributed by atoms with van der Waals surface area (Å²) in [6.45, 7) is 4.53. The fraction of sp³-hybridized carbons (Fsp3) is 0.231. The molecule has 0 bridgehead atoms. The van der Waals surface area contributed by atoms with E-state index in [0.29, 0.717) is 6.54 Å². The van der Waals surface area contributed by atoms with Crippen molar-refractivity contribution in [3.63, 3.8) is 0 Å². The third-order valence-electron chi connectivity index (χ3n) is 2.87. The Bertz CT molecular complexity index is 582. The zero-order valence-electron chi connectivity index (χ0n) is 9.97. The predicted octanol–water partition coefficient (Wildman–Crippen LogP) is 1.49. The molecule has 0 aliphatic heterocycles. The van der Waals surface area contributed by atoms with Gasteiger partial charge in [-0.05, 0) is 25.0 Å². The highest BCUT2D eigenvalue weighted by Gasteiger charge is 2.05. The van der Waals surface area contributed by atoms with Crippen LogP contribution in [0.3, 0.4) is 0 Å². The van der Waals surface area contributed by atoms with E-state index >= 15 is 0 Å². The zero-order chi connectivity index (χ0) is 12.4. The highest BCUT2D eigenvalue weighted by Crippen LogP contribution is 2.18. The van der Waals surface area contributed by atoms with E-state index in [9.17, 15) is 4.79 Å². The van der Waals surface area contributed by atoms with Gasteiger partial charge in [-0.2, -0.15) is 0 Å². The molecule has 4 nitrogen and oxygen atoms in total. The minimum absolute atomic E-state index is 0.00866. The summed E-state index contributed by atoms with van der Waals surface area (Å²) in [5.74, 6) is 0. The van der Waals surface area contributed by atoms with Crippen molar-refractivity contribution in [2.24, 2.45) is 0 Å². The molecule has 0 unspecified atom stereocenters. The molecule has 88 valence electrons. The molecule has 0 saturated heterocycles. The average molecular weight is 229 g/mol. The Kier molecular flexibility index (Phi) is 2.95. The van der Waals surface area contributed by atoms with Crippen molar-refractivity contribution in [2.45, 2.75) is 20.4 Å². The van der Waals surface area contributed by atoms with Crippen LogP contribution in [0.5, 0.6) is 0 Å². The number of aryl methyl sites for hydroxylation is 1. The number of pyridine rings is 2. The van der Waals surface area contributed by atoms with Gasteiger partial charge in [-0.25, -0.2) is 0 Å². The van der Waals surface area contributed by atoms with Crippen LogP contribution in [0.2, 0.25) is 0 Å². The molecule has 0 saturated carbocycles. The minimum atomic E-state index is 0.00866. The molecular formula is C13H15N3O. The molecule has 2 N–H and O–H groups in total. The lowest BCUT2D eigenvalue weighted by Gasteiger charge is -2.11. The molecule has 2 aromatic rings. The third-order valence-corrected chi connectivity index (χ3v) is 2.87. The Morgan fingerprint density at radius 3 is 2.59 bits per heavy atom. The molecule has 2 aromatic heterocycles. The van der Waals surface area contributed by atoms with E-state index in [1.165, 1.54) is 12.1 Å². The standard InChI is InChI=1S/C13H15N3O/c1-9-7-15-12(10(2)13(9)14)8-16-5-3-11(17)4-6-16/h3-7H,8H2,1-2H3,(H2,14,15). The van der Waals surface area contributed by atoms with E-state index in [1.807, 2.05) is 18.4 Å². The van der Waals surface area contributed by atoms with Crippen molar-refractivity contribution >= 4 is 5.69 Å². The second-order valence-corrected chi connectivity index (χ2v) is 4.13. The van der Waals surface area contributed by atoms with Gasteiger partial charge in [-0.1, -0.05) is 0 Å². The molecule has 2 heterocycles. The molecule has 0 fully saturated rings. The first-order chi connectivity index (χ1) is 8.08. The van der Waals surface area contributed by atoms with E-state index in [4.69, 9.17) is 5.73 Å². The molecule has 0 amide bonds. The number of aromatic nitrogens is 2. The van der Waals surface area contributed by atoms with Gasteiger partial charge in [-0.3, -0.25) is 9.78 Å². The first kappa shape index (κ1) is 11.4. The van der Waals surface area contributed by atoms with Gasteiger partial charge < -0.3 is 10.3 Å². The molecule has 0 atom stereocenters. The highest BCUT2D eigenvalue weighted by atomic mass is 16.1. The summed E-state index contributed by atoms with van der Waals surface area (Å²) in [6.07, 6.45) is 5.28. The second-order valence-electron chi connectivity index (χ2n) is 4.13. The number of nitrogens with two attached hydrogens (primary N) is 1. The normalized spacial score (nSPS) is 10.5. The Morgan fingerprint density at radius 1 is 1.29 bits per heavy atom. The lowest BCUT2D eigenvalue weighted by molar-refractivity contribution is 0.759. The SMILES string of the molecule is Cc1cnc(Cn2ccc(=O)cc2)c(C)c1N. The number of nitrogens with zero attached hydrogens (tertiary/aromatic N) is 2. The first-order valence-electron chi connectivity index (χ1n) is 5.44. The molecule has 0 aliphatic carbocycles. The van der Waals surface area contributed by atoms with Gasteiger partial charge in [0.05, 0.1) is 12.2 Å². The van der Waals surface area contributed by atoms with Crippen LogP contribution in [-0.4, -0.2) is 9.55 Å². The van der Waals surface area contributed by atoms with Gasteiger partial charge in [0.1, 0.15) is 0 Å². The van der Waals surface area contributed by atoms with Crippen LogP contribution in [0.15, 0.2) is 35.5 Å². The Hall–Kier alpha value is -2.10. The number of anilines is 1. The number of hydrogen-bond donors (Lipinski definition) is 1. The van der Waals surface area contributed by atoms with Gasteiger partial charge in [0, 0.05) is 36.4 Å². The largest absolute Gasteiger partial charge is 0.398 e. The van der Waals surface area contributed by atoms with Crippen molar-refractivity contribution in [1.29, 1.82) is 0 Å². The summed E-state index contributed by atoms with van der Waals surface area (Å²) in [7, 11) is 0. The van der Waals surface area contributed by atoms with Crippen LogP contribution in [-0.2, 0) is 6.54 Å². The minimum Gasteiger partial charge on any atom is -0.398 e. The molecule has 0 radical (unpaired) electrons. The number of rotatable bonds is 2. The summed E-state index contributed by atoms with van der Waals surface area (Å²) in [5.41, 5.74) is 9.68. The van der Waals surface area contributed by atoms with Crippen LogP contribution in [0.25, 0.3) is 0 Å². The molecule has 17 heavy (non-hydrogen) atoms. The van der Waals surface area contributed by atoms with E-state index < -0.39 is 0 Å². The average Bonchev–Trinajstić information content (AvgIpc) is 2.33. The topological polar surface area (TPSA) is 60.9 Å². The van der Waals surface area contributed by atoms with E-state index in [-0.39, 0.29) is 5.43 Å². The molecule has 0 aliphatic rings. The number of hydrogen-bond acceptors (Lipinski definition) is 3. The molecule has 0 spiro atoms. The van der Waals surface area contributed by atoms with E-state index in [1.54, 1.807) is 18.6 Å². The van der Waals surface area contributed by atoms with Gasteiger partial charge in [0.15, 0.2) is 5.43 Å². The Labute approximate surface area is 99.7 Å². The van der Waals surface area contributed by atoms with Gasteiger partial charge in [0.2, 0.25) is 0 Å². The fourth-order valence-corrected chi connectivity index (χ4v) is 1.67. The van der Waals surface area contributed by atoms with Gasteiger partial charge >= 0.3 is 0 Å².